The van der Waals surface area contributed by atoms with E-state index >= 15 is 0 Å². The summed E-state index contributed by atoms with van der Waals surface area (Å²) in [5.74, 6) is 3.25. The van der Waals surface area contributed by atoms with Crippen LogP contribution in [-0.4, -0.2) is 24.7 Å². The standard InChI is InChI=1S/C20H23NO4/c1-13-10-17(13)19-8-6-15(25-19)7-9-20(23)21-12-18(22)14-4-3-5-16(11-14)24-2/h3-9,11,13,17-18,22H,10,12H2,1-2H3,(H,21,23)/b9-7+. The maximum atomic E-state index is 11.9. The largest absolute Gasteiger partial charge is 0.497 e. The van der Waals surface area contributed by atoms with Crippen molar-refractivity contribution in [1.29, 1.82) is 0 Å². The van der Waals surface area contributed by atoms with Gasteiger partial charge in [0.15, 0.2) is 0 Å². The van der Waals surface area contributed by atoms with Crippen molar-refractivity contribution in [2.45, 2.75) is 25.4 Å². The number of carbonyl (C=O) groups is 1. The van der Waals surface area contributed by atoms with Crippen molar-refractivity contribution in [1.82, 2.24) is 5.32 Å². The molecule has 3 unspecified atom stereocenters. The van der Waals surface area contributed by atoms with Gasteiger partial charge in [0.1, 0.15) is 17.3 Å². The highest BCUT2D eigenvalue weighted by Gasteiger charge is 2.36. The molecule has 2 aromatic rings. The second-order valence-corrected chi connectivity index (χ2v) is 6.43. The summed E-state index contributed by atoms with van der Waals surface area (Å²) in [6, 6.07) is 11.0. The van der Waals surface area contributed by atoms with Crippen molar-refractivity contribution >= 4 is 12.0 Å². The van der Waals surface area contributed by atoms with E-state index in [2.05, 4.69) is 12.2 Å². The van der Waals surface area contributed by atoms with Gasteiger partial charge in [-0.05, 0) is 48.2 Å². The summed E-state index contributed by atoms with van der Waals surface area (Å²) in [6.07, 6.45) is 3.43. The Balaban J connectivity index is 1.49. The zero-order valence-electron chi connectivity index (χ0n) is 14.4. The van der Waals surface area contributed by atoms with Gasteiger partial charge in [-0.15, -0.1) is 0 Å². The number of benzene rings is 1. The zero-order valence-corrected chi connectivity index (χ0v) is 14.4. The fourth-order valence-corrected chi connectivity index (χ4v) is 2.76. The Labute approximate surface area is 147 Å². The molecule has 132 valence electrons. The molecule has 1 aliphatic rings. The highest BCUT2D eigenvalue weighted by atomic mass is 16.5. The number of aliphatic hydroxyl groups is 1. The van der Waals surface area contributed by atoms with E-state index in [1.54, 1.807) is 37.5 Å². The first kappa shape index (κ1) is 17.3. The molecule has 1 heterocycles. The normalized spacial score (nSPS) is 20.4. The quantitative estimate of drug-likeness (QED) is 0.758. The Hall–Kier alpha value is -2.53. The second kappa shape index (κ2) is 7.57. The van der Waals surface area contributed by atoms with E-state index in [-0.39, 0.29) is 12.5 Å². The smallest absolute Gasteiger partial charge is 0.244 e. The molecule has 0 spiro atoms. The van der Waals surface area contributed by atoms with Gasteiger partial charge in [-0.2, -0.15) is 0 Å². The third kappa shape index (κ3) is 4.51. The summed E-state index contributed by atoms with van der Waals surface area (Å²) in [5.41, 5.74) is 0.692. The Morgan fingerprint density at radius 3 is 2.96 bits per heavy atom. The summed E-state index contributed by atoms with van der Waals surface area (Å²) in [7, 11) is 1.57. The average Bonchev–Trinajstić information content (AvgIpc) is 3.18. The first-order valence-corrected chi connectivity index (χ1v) is 8.44. The number of carbonyl (C=O) groups excluding carboxylic acids is 1. The predicted octanol–water partition coefficient (Wildman–Crippen LogP) is 3.27. The molecule has 0 aliphatic heterocycles. The van der Waals surface area contributed by atoms with Crippen molar-refractivity contribution in [2.24, 2.45) is 5.92 Å². The number of nitrogens with one attached hydrogen (secondary N) is 1. The van der Waals surface area contributed by atoms with Gasteiger partial charge >= 0.3 is 0 Å². The van der Waals surface area contributed by atoms with E-state index in [1.165, 1.54) is 12.5 Å². The van der Waals surface area contributed by atoms with Crippen molar-refractivity contribution in [3.8, 4) is 5.75 Å². The van der Waals surface area contributed by atoms with Crippen LogP contribution in [0.25, 0.3) is 6.08 Å². The van der Waals surface area contributed by atoms with Crippen LogP contribution in [0.3, 0.4) is 0 Å². The lowest BCUT2D eigenvalue weighted by Gasteiger charge is -2.12. The van der Waals surface area contributed by atoms with Gasteiger partial charge in [-0.25, -0.2) is 0 Å². The predicted molar refractivity (Wildman–Crippen MR) is 95.2 cm³/mol. The number of ether oxygens (including phenoxy) is 1. The second-order valence-electron chi connectivity index (χ2n) is 6.43. The van der Waals surface area contributed by atoms with Crippen LogP contribution in [0.4, 0.5) is 0 Å². The molecule has 5 nitrogen and oxygen atoms in total. The molecular weight excluding hydrogens is 318 g/mol. The van der Waals surface area contributed by atoms with Crippen LogP contribution >= 0.6 is 0 Å². The number of rotatable bonds is 7. The minimum absolute atomic E-state index is 0.124. The van der Waals surface area contributed by atoms with Gasteiger partial charge in [0.2, 0.25) is 5.91 Å². The Kier molecular flexibility index (Phi) is 5.24. The summed E-state index contributed by atoms with van der Waals surface area (Å²) < 4.78 is 10.8. The van der Waals surface area contributed by atoms with Crippen molar-refractivity contribution < 1.29 is 19.1 Å². The van der Waals surface area contributed by atoms with Crippen LogP contribution in [0.5, 0.6) is 5.75 Å². The summed E-state index contributed by atoms with van der Waals surface area (Å²) in [4.78, 5) is 11.9. The number of methoxy groups -OCH3 is 1. The maximum Gasteiger partial charge on any atom is 0.244 e. The minimum Gasteiger partial charge on any atom is -0.497 e. The lowest BCUT2D eigenvalue weighted by molar-refractivity contribution is -0.116. The molecule has 1 aromatic heterocycles. The molecule has 1 saturated carbocycles. The van der Waals surface area contributed by atoms with E-state index in [1.807, 2.05) is 12.1 Å². The fraction of sp³-hybridized carbons (Fsp3) is 0.350. The van der Waals surface area contributed by atoms with E-state index < -0.39 is 6.10 Å². The SMILES string of the molecule is COc1cccc(C(O)CNC(=O)/C=C/c2ccc(C3CC3C)o2)c1. The minimum atomic E-state index is -0.793. The summed E-state index contributed by atoms with van der Waals surface area (Å²) >= 11 is 0. The van der Waals surface area contributed by atoms with Gasteiger partial charge in [-0.3, -0.25) is 4.79 Å². The average molecular weight is 341 g/mol. The molecule has 3 rings (SSSR count). The lowest BCUT2D eigenvalue weighted by atomic mass is 10.1. The van der Waals surface area contributed by atoms with Gasteiger partial charge in [0, 0.05) is 18.5 Å². The molecule has 1 aliphatic carbocycles. The molecule has 5 heteroatoms. The van der Waals surface area contributed by atoms with Crippen LogP contribution in [0.1, 0.15) is 42.5 Å². The van der Waals surface area contributed by atoms with Crippen LogP contribution in [0, 0.1) is 5.92 Å². The number of hydrogen-bond donors (Lipinski definition) is 2. The first-order chi connectivity index (χ1) is 12.1. The molecule has 0 radical (unpaired) electrons. The Morgan fingerprint density at radius 2 is 2.24 bits per heavy atom. The molecule has 3 atom stereocenters. The van der Waals surface area contributed by atoms with Crippen molar-refractivity contribution in [3.05, 3.63) is 59.6 Å². The van der Waals surface area contributed by atoms with E-state index in [9.17, 15) is 9.90 Å². The van der Waals surface area contributed by atoms with Gasteiger partial charge < -0.3 is 19.6 Å². The molecule has 0 bridgehead atoms. The number of hydrogen-bond acceptors (Lipinski definition) is 4. The molecule has 1 amide bonds. The molecule has 1 aromatic carbocycles. The van der Waals surface area contributed by atoms with Gasteiger partial charge in [-0.1, -0.05) is 19.1 Å². The van der Waals surface area contributed by atoms with E-state index in [0.29, 0.717) is 28.9 Å². The number of amides is 1. The summed E-state index contributed by atoms with van der Waals surface area (Å²) in [6.45, 7) is 2.32. The number of aliphatic hydroxyl groups excluding tert-OH is 1. The molecule has 1 fully saturated rings. The Bertz CT molecular complexity index is 765. The monoisotopic (exact) mass is 341 g/mol. The van der Waals surface area contributed by atoms with Gasteiger partial charge in [0.05, 0.1) is 13.2 Å². The van der Waals surface area contributed by atoms with Crippen LogP contribution < -0.4 is 10.1 Å². The lowest BCUT2D eigenvalue weighted by Crippen LogP contribution is -2.26. The third-order valence-corrected chi connectivity index (χ3v) is 4.47. The van der Waals surface area contributed by atoms with Crippen LogP contribution in [0.15, 0.2) is 46.9 Å². The van der Waals surface area contributed by atoms with Crippen LogP contribution in [0.2, 0.25) is 0 Å². The fourth-order valence-electron chi connectivity index (χ4n) is 2.76. The highest BCUT2D eigenvalue weighted by molar-refractivity contribution is 5.91. The van der Waals surface area contributed by atoms with Crippen molar-refractivity contribution in [3.63, 3.8) is 0 Å². The Morgan fingerprint density at radius 1 is 1.44 bits per heavy atom. The third-order valence-electron chi connectivity index (χ3n) is 4.47. The topological polar surface area (TPSA) is 71.7 Å². The van der Waals surface area contributed by atoms with Crippen molar-refractivity contribution in [2.75, 3.05) is 13.7 Å². The van der Waals surface area contributed by atoms with E-state index in [0.717, 1.165) is 5.76 Å². The van der Waals surface area contributed by atoms with Crippen LogP contribution in [-0.2, 0) is 4.79 Å². The zero-order chi connectivity index (χ0) is 17.8. The molecular formula is C20H23NO4. The maximum absolute atomic E-state index is 11.9. The number of furan rings is 1. The first-order valence-electron chi connectivity index (χ1n) is 8.44. The molecule has 2 N–H and O–H groups in total. The molecule has 0 saturated heterocycles. The van der Waals surface area contributed by atoms with E-state index in [4.69, 9.17) is 9.15 Å². The highest BCUT2D eigenvalue weighted by Crippen LogP contribution is 2.47. The molecule has 25 heavy (non-hydrogen) atoms. The summed E-state index contributed by atoms with van der Waals surface area (Å²) in [5, 5.41) is 12.8. The van der Waals surface area contributed by atoms with Gasteiger partial charge in [0.25, 0.3) is 0 Å².